The zero-order valence-electron chi connectivity index (χ0n) is 11.0. The van der Waals surface area contributed by atoms with Gasteiger partial charge in [-0.05, 0) is 36.6 Å². The van der Waals surface area contributed by atoms with Crippen LogP contribution in [0, 0.1) is 6.92 Å². The number of aryl methyl sites for hydroxylation is 1. The van der Waals surface area contributed by atoms with Crippen LogP contribution in [0.2, 0.25) is 0 Å². The highest BCUT2D eigenvalue weighted by Gasteiger charge is 2.11. The molecule has 0 fully saturated rings. The lowest BCUT2D eigenvalue weighted by Gasteiger charge is -2.09. The Balaban J connectivity index is 2.36. The van der Waals surface area contributed by atoms with Gasteiger partial charge in [-0.15, -0.1) is 0 Å². The first kappa shape index (κ1) is 13.1. The van der Waals surface area contributed by atoms with Gasteiger partial charge in [0.2, 0.25) is 0 Å². The Hall–Kier alpha value is -2.29. The first-order valence-electron chi connectivity index (χ1n) is 6.06. The molecule has 0 atom stereocenters. The molecule has 0 spiro atoms. The predicted octanol–water partition coefficient (Wildman–Crippen LogP) is 3.29. The molecule has 0 aromatic heterocycles. The van der Waals surface area contributed by atoms with Crippen molar-refractivity contribution < 1.29 is 14.6 Å². The SMILES string of the molecule is COc1ccc(Cc2cccc(C)c2)c(C(=O)O)c1. The minimum Gasteiger partial charge on any atom is -0.497 e. The van der Waals surface area contributed by atoms with Gasteiger partial charge >= 0.3 is 5.97 Å². The van der Waals surface area contributed by atoms with Crippen LogP contribution in [0.25, 0.3) is 0 Å². The average Bonchev–Trinajstić information content (AvgIpc) is 2.39. The number of ether oxygens (including phenoxy) is 1. The molecule has 0 bridgehead atoms. The van der Waals surface area contributed by atoms with E-state index in [-0.39, 0.29) is 0 Å². The van der Waals surface area contributed by atoms with Crippen molar-refractivity contribution in [3.63, 3.8) is 0 Å². The van der Waals surface area contributed by atoms with Crippen LogP contribution in [0.3, 0.4) is 0 Å². The van der Waals surface area contributed by atoms with Gasteiger partial charge in [0.1, 0.15) is 5.75 Å². The van der Waals surface area contributed by atoms with Gasteiger partial charge in [0.25, 0.3) is 0 Å². The third-order valence-electron chi connectivity index (χ3n) is 3.02. The van der Waals surface area contributed by atoms with Gasteiger partial charge in [-0.2, -0.15) is 0 Å². The highest BCUT2D eigenvalue weighted by molar-refractivity contribution is 5.90. The summed E-state index contributed by atoms with van der Waals surface area (Å²) in [6.07, 6.45) is 0.604. The van der Waals surface area contributed by atoms with Crippen molar-refractivity contribution in [1.82, 2.24) is 0 Å². The minimum atomic E-state index is -0.929. The Morgan fingerprint density at radius 1 is 1.21 bits per heavy atom. The smallest absolute Gasteiger partial charge is 0.336 e. The van der Waals surface area contributed by atoms with Crippen LogP contribution < -0.4 is 4.74 Å². The molecule has 1 N–H and O–H groups in total. The van der Waals surface area contributed by atoms with Crippen LogP contribution in [0.15, 0.2) is 42.5 Å². The van der Waals surface area contributed by atoms with Crippen molar-refractivity contribution in [2.75, 3.05) is 7.11 Å². The number of methoxy groups -OCH3 is 1. The quantitative estimate of drug-likeness (QED) is 0.913. The molecular weight excluding hydrogens is 240 g/mol. The van der Waals surface area contributed by atoms with Gasteiger partial charge in [0, 0.05) is 0 Å². The molecule has 0 unspecified atom stereocenters. The summed E-state index contributed by atoms with van der Waals surface area (Å²) in [6, 6.07) is 13.2. The fourth-order valence-corrected chi connectivity index (χ4v) is 2.08. The molecule has 0 radical (unpaired) electrons. The molecule has 19 heavy (non-hydrogen) atoms. The lowest BCUT2D eigenvalue weighted by Crippen LogP contribution is -2.04. The number of carboxylic acids is 1. The third kappa shape index (κ3) is 3.13. The van der Waals surface area contributed by atoms with Crippen molar-refractivity contribution in [2.45, 2.75) is 13.3 Å². The van der Waals surface area contributed by atoms with Crippen LogP contribution in [-0.2, 0) is 6.42 Å². The summed E-state index contributed by atoms with van der Waals surface area (Å²) in [5, 5.41) is 9.26. The Morgan fingerprint density at radius 2 is 2.00 bits per heavy atom. The Morgan fingerprint density at radius 3 is 2.63 bits per heavy atom. The number of rotatable bonds is 4. The second-order valence-corrected chi connectivity index (χ2v) is 4.49. The van der Waals surface area contributed by atoms with Gasteiger partial charge in [-0.25, -0.2) is 4.79 Å². The molecule has 98 valence electrons. The lowest BCUT2D eigenvalue weighted by molar-refractivity contribution is 0.0695. The Kier molecular flexibility index (Phi) is 3.85. The molecule has 0 aliphatic heterocycles. The molecule has 0 aliphatic carbocycles. The van der Waals surface area contributed by atoms with Gasteiger partial charge in [-0.3, -0.25) is 0 Å². The highest BCUT2D eigenvalue weighted by Crippen LogP contribution is 2.21. The number of hydrogen-bond donors (Lipinski definition) is 1. The van der Waals surface area contributed by atoms with E-state index in [1.807, 2.05) is 31.2 Å². The first-order valence-corrected chi connectivity index (χ1v) is 6.06. The zero-order valence-corrected chi connectivity index (χ0v) is 11.0. The summed E-state index contributed by atoms with van der Waals surface area (Å²) < 4.78 is 5.07. The fourth-order valence-electron chi connectivity index (χ4n) is 2.08. The number of benzene rings is 2. The van der Waals surface area contributed by atoms with E-state index < -0.39 is 5.97 Å². The maximum Gasteiger partial charge on any atom is 0.336 e. The van der Waals surface area contributed by atoms with Gasteiger partial charge in [-0.1, -0.05) is 35.9 Å². The topological polar surface area (TPSA) is 46.5 Å². The molecule has 3 heteroatoms. The maximum atomic E-state index is 11.3. The first-order chi connectivity index (χ1) is 9.10. The molecule has 0 heterocycles. The Labute approximate surface area is 112 Å². The number of carboxylic acid groups (broad SMARTS) is 1. The fraction of sp³-hybridized carbons (Fsp3) is 0.188. The zero-order chi connectivity index (χ0) is 13.8. The summed E-state index contributed by atoms with van der Waals surface area (Å²) in [7, 11) is 1.53. The largest absolute Gasteiger partial charge is 0.497 e. The standard InChI is InChI=1S/C16H16O3/c1-11-4-3-5-12(8-11)9-13-6-7-14(19-2)10-15(13)16(17)18/h3-8,10H,9H2,1-2H3,(H,17,18). The molecule has 2 rings (SSSR count). The number of hydrogen-bond acceptors (Lipinski definition) is 2. The van der Waals surface area contributed by atoms with Crippen LogP contribution in [0.1, 0.15) is 27.0 Å². The van der Waals surface area contributed by atoms with Crippen LogP contribution in [0.4, 0.5) is 0 Å². The van der Waals surface area contributed by atoms with Crippen molar-refractivity contribution in [1.29, 1.82) is 0 Å². The van der Waals surface area contributed by atoms with Crippen LogP contribution >= 0.6 is 0 Å². The summed E-state index contributed by atoms with van der Waals surface area (Å²) in [5.74, 6) is -0.369. The van der Waals surface area contributed by atoms with Crippen molar-refractivity contribution in [2.24, 2.45) is 0 Å². The molecule has 0 saturated carbocycles. The van der Waals surface area contributed by atoms with E-state index in [4.69, 9.17) is 4.74 Å². The molecule has 2 aromatic rings. The van der Waals surface area contributed by atoms with Crippen molar-refractivity contribution in [3.8, 4) is 5.75 Å². The normalized spacial score (nSPS) is 10.2. The van der Waals surface area contributed by atoms with E-state index in [9.17, 15) is 9.90 Å². The second kappa shape index (κ2) is 5.57. The molecule has 2 aromatic carbocycles. The van der Waals surface area contributed by atoms with Gasteiger partial charge in [0.15, 0.2) is 0 Å². The van der Waals surface area contributed by atoms with E-state index in [1.165, 1.54) is 12.7 Å². The van der Waals surface area contributed by atoms with Gasteiger partial charge in [0.05, 0.1) is 12.7 Å². The van der Waals surface area contributed by atoms with E-state index in [2.05, 4.69) is 6.07 Å². The summed E-state index contributed by atoms with van der Waals surface area (Å²) in [5.41, 5.74) is 3.36. The monoisotopic (exact) mass is 256 g/mol. The number of aromatic carboxylic acids is 1. The third-order valence-corrected chi connectivity index (χ3v) is 3.02. The minimum absolute atomic E-state index is 0.292. The summed E-state index contributed by atoms with van der Waals surface area (Å²) in [6.45, 7) is 2.02. The molecule has 3 nitrogen and oxygen atoms in total. The van der Waals surface area contributed by atoms with Crippen LogP contribution in [-0.4, -0.2) is 18.2 Å². The summed E-state index contributed by atoms with van der Waals surface area (Å²) >= 11 is 0. The highest BCUT2D eigenvalue weighted by atomic mass is 16.5. The predicted molar refractivity (Wildman–Crippen MR) is 73.9 cm³/mol. The van der Waals surface area contributed by atoms with Crippen molar-refractivity contribution in [3.05, 3.63) is 64.7 Å². The Bertz CT molecular complexity index is 603. The van der Waals surface area contributed by atoms with E-state index in [0.717, 1.165) is 11.1 Å². The van der Waals surface area contributed by atoms with E-state index in [0.29, 0.717) is 17.7 Å². The van der Waals surface area contributed by atoms with Crippen molar-refractivity contribution >= 4 is 5.97 Å². The average molecular weight is 256 g/mol. The van der Waals surface area contributed by atoms with Crippen LogP contribution in [0.5, 0.6) is 5.75 Å². The molecule has 0 saturated heterocycles. The van der Waals surface area contributed by atoms with E-state index in [1.54, 1.807) is 12.1 Å². The molecule has 0 aliphatic rings. The van der Waals surface area contributed by atoms with Gasteiger partial charge < -0.3 is 9.84 Å². The van der Waals surface area contributed by atoms with E-state index >= 15 is 0 Å². The maximum absolute atomic E-state index is 11.3. The summed E-state index contributed by atoms with van der Waals surface area (Å²) in [4.78, 5) is 11.3. The molecule has 0 amide bonds. The number of carbonyl (C=O) groups is 1. The lowest BCUT2D eigenvalue weighted by atomic mass is 9.98. The second-order valence-electron chi connectivity index (χ2n) is 4.49. The molecular formula is C16H16O3.